The molecule has 0 heterocycles. The van der Waals surface area contributed by atoms with Crippen molar-refractivity contribution in [2.24, 2.45) is 0 Å². The van der Waals surface area contributed by atoms with E-state index in [-0.39, 0.29) is 17.9 Å². The molecule has 140 valence electrons. The first-order chi connectivity index (χ1) is 12.3. The first-order valence-corrected chi connectivity index (χ1v) is 8.04. The molecule has 7 heteroatoms. The van der Waals surface area contributed by atoms with Crippen LogP contribution < -0.4 is 10.1 Å². The largest absolute Gasteiger partial charge is 0.573 e. The van der Waals surface area contributed by atoms with Gasteiger partial charge in [-0.2, -0.15) is 0 Å². The summed E-state index contributed by atoms with van der Waals surface area (Å²) in [5, 5.41) is 2.78. The average Bonchev–Trinajstić information content (AvgIpc) is 2.63. The number of alkyl halides is 3. The Hall–Kier alpha value is -2.54. The molecule has 0 aliphatic rings. The number of rotatable bonds is 7. The van der Waals surface area contributed by atoms with Gasteiger partial charge >= 0.3 is 6.36 Å². The van der Waals surface area contributed by atoms with Gasteiger partial charge in [-0.25, -0.2) is 0 Å². The fraction of sp³-hybridized carbons (Fsp3) is 0.316. The Morgan fingerprint density at radius 2 is 1.65 bits per heavy atom. The van der Waals surface area contributed by atoms with E-state index in [1.54, 1.807) is 7.11 Å². The smallest absolute Gasteiger partial charge is 0.406 e. The number of carbonyl (C=O) groups excluding carboxylic acids is 1. The summed E-state index contributed by atoms with van der Waals surface area (Å²) >= 11 is 0. The Balaban J connectivity index is 2.06. The van der Waals surface area contributed by atoms with Crippen LogP contribution in [0.5, 0.6) is 5.75 Å². The van der Waals surface area contributed by atoms with Gasteiger partial charge in [-0.3, -0.25) is 4.79 Å². The second-order valence-electron chi connectivity index (χ2n) is 5.67. The second-order valence-corrected chi connectivity index (χ2v) is 5.67. The number of benzene rings is 2. The van der Waals surface area contributed by atoms with Crippen molar-refractivity contribution in [1.82, 2.24) is 5.32 Å². The fourth-order valence-electron chi connectivity index (χ4n) is 2.64. The van der Waals surface area contributed by atoms with Crippen molar-refractivity contribution in [3.05, 3.63) is 65.7 Å². The zero-order valence-electron chi connectivity index (χ0n) is 14.5. The molecule has 1 N–H and O–H groups in total. The third kappa shape index (κ3) is 4.98. The molecule has 0 spiro atoms. The van der Waals surface area contributed by atoms with Gasteiger partial charge in [0, 0.05) is 12.7 Å². The minimum atomic E-state index is -4.77. The van der Waals surface area contributed by atoms with Gasteiger partial charge in [0.25, 0.3) is 5.91 Å². The SMILES string of the molecule is CC[C@](CNC(=O)c1ccc(OC(F)(F)F)cc1)(OC)c1ccccc1. The second kappa shape index (κ2) is 8.23. The van der Waals surface area contributed by atoms with Crippen molar-refractivity contribution in [3.63, 3.8) is 0 Å². The van der Waals surface area contributed by atoms with Crippen molar-refractivity contribution in [2.45, 2.75) is 25.3 Å². The van der Waals surface area contributed by atoms with Crippen LogP contribution in [0.15, 0.2) is 54.6 Å². The number of hydrogen-bond acceptors (Lipinski definition) is 3. The topological polar surface area (TPSA) is 47.6 Å². The minimum absolute atomic E-state index is 0.226. The first-order valence-electron chi connectivity index (χ1n) is 8.04. The van der Waals surface area contributed by atoms with Crippen LogP contribution in [0.4, 0.5) is 13.2 Å². The molecule has 0 saturated heterocycles. The molecule has 0 radical (unpaired) electrons. The lowest BCUT2D eigenvalue weighted by Crippen LogP contribution is -2.41. The highest BCUT2D eigenvalue weighted by atomic mass is 19.4. The normalized spacial score (nSPS) is 13.7. The van der Waals surface area contributed by atoms with Gasteiger partial charge in [-0.05, 0) is 36.2 Å². The lowest BCUT2D eigenvalue weighted by Gasteiger charge is -2.32. The maximum absolute atomic E-state index is 12.3. The molecule has 0 aliphatic carbocycles. The van der Waals surface area contributed by atoms with Gasteiger partial charge in [0.05, 0.1) is 6.54 Å². The zero-order valence-corrected chi connectivity index (χ0v) is 14.5. The number of nitrogens with one attached hydrogen (secondary N) is 1. The summed E-state index contributed by atoms with van der Waals surface area (Å²) in [4.78, 5) is 12.3. The Morgan fingerprint density at radius 1 is 1.04 bits per heavy atom. The van der Waals surface area contributed by atoms with Crippen LogP contribution in [-0.2, 0) is 10.3 Å². The zero-order chi connectivity index (χ0) is 19.2. The molecule has 0 unspecified atom stereocenters. The number of amides is 1. The van der Waals surface area contributed by atoms with Gasteiger partial charge < -0.3 is 14.8 Å². The highest BCUT2D eigenvalue weighted by molar-refractivity contribution is 5.94. The fourth-order valence-corrected chi connectivity index (χ4v) is 2.64. The minimum Gasteiger partial charge on any atom is -0.406 e. The summed E-state index contributed by atoms with van der Waals surface area (Å²) in [6, 6.07) is 14.3. The molecular weight excluding hydrogens is 347 g/mol. The summed E-state index contributed by atoms with van der Waals surface area (Å²) in [6.45, 7) is 2.18. The van der Waals surface area contributed by atoms with Gasteiger partial charge in [-0.15, -0.1) is 13.2 Å². The van der Waals surface area contributed by atoms with E-state index in [2.05, 4.69) is 10.1 Å². The van der Waals surface area contributed by atoms with Crippen LogP contribution in [0.1, 0.15) is 29.3 Å². The molecule has 1 amide bonds. The molecule has 0 saturated carbocycles. The molecule has 0 aliphatic heterocycles. The van der Waals surface area contributed by atoms with Gasteiger partial charge in [0.2, 0.25) is 0 Å². The monoisotopic (exact) mass is 367 g/mol. The van der Waals surface area contributed by atoms with Crippen molar-refractivity contribution >= 4 is 5.91 Å². The maximum atomic E-state index is 12.3. The number of methoxy groups -OCH3 is 1. The standard InChI is InChI=1S/C19H20F3NO3/c1-3-18(25-2,15-7-5-4-6-8-15)13-23-17(24)14-9-11-16(12-10-14)26-19(20,21)22/h4-12H,3,13H2,1-2H3,(H,23,24)/t18-/m1/s1. The van der Waals surface area contributed by atoms with Crippen molar-refractivity contribution < 1.29 is 27.4 Å². The molecule has 1 atom stereocenters. The third-order valence-corrected chi connectivity index (χ3v) is 4.15. The van der Waals surface area contributed by atoms with Crippen LogP contribution >= 0.6 is 0 Å². The van der Waals surface area contributed by atoms with Crippen LogP contribution in [0, 0.1) is 0 Å². The number of halogens is 3. The average molecular weight is 367 g/mol. The third-order valence-electron chi connectivity index (χ3n) is 4.15. The highest BCUT2D eigenvalue weighted by Gasteiger charge is 2.32. The Bertz CT molecular complexity index is 711. The molecule has 0 fully saturated rings. The van der Waals surface area contributed by atoms with E-state index >= 15 is 0 Å². The maximum Gasteiger partial charge on any atom is 0.573 e. The van der Waals surface area contributed by atoms with Crippen molar-refractivity contribution in [1.29, 1.82) is 0 Å². The Labute approximate surface area is 149 Å². The first kappa shape index (κ1) is 19.8. The van der Waals surface area contributed by atoms with Gasteiger partial charge in [0.15, 0.2) is 0 Å². The summed E-state index contributed by atoms with van der Waals surface area (Å²) in [6.07, 6.45) is -4.13. The van der Waals surface area contributed by atoms with Crippen LogP contribution in [-0.4, -0.2) is 25.9 Å². The molecule has 2 rings (SSSR count). The molecule has 2 aromatic carbocycles. The van der Waals surface area contributed by atoms with Crippen molar-refractivity contribution in [3.8, 4) is 5.75 Å². The quantitative estimate of drug-likeness (QED) is 0.795. The lowest BCUT2D eigenvalue weighted by atomic mass is 9.90. The number of carbonyl (C=O) groups is 1. The van der Waals surface area contributed by atoms with E-state index < -0.39 is 17.9 Å². The van der Waals surface area contributed by atoms with Crippen LogP contribution in [0.2, 0.25) is 0 Å². The summed E-state index contributed by atoms with van der Waals surface area (Å²) < 4.78 is 46.0. The molecule has 0 bridgehead atoms. The van der Waals surface area contributed by atoms with Gasteiger partial charge in [0.1, 0.15) is 11.4 Å². The molecule has 26 heavy (non-hydrogen) atoms. The molecule has 2 aromatic rings. The van der Waals surface area contributed by atoms with Crippen LogP contribution in [0.25, 0.3) is 0 Å². The molecule has 4 nitrogen and oxygen atoms in total. The van der Waals surface area contributed by atoms with Crippen molar-refractivity contribution in [2.75, 3.05) is 13.7 Å². The predicted molar refractivity (Wildman–Crippen MR) is 90.9 cm³/mol. The van der Waals surface area contributed by atoms with E-state index in [1.807, 2.05) is 37.3 Å². The predicted octanol–water partition coefficient (Wildman–Crippen LogP) is 4.27. The summed E-state index contributed by atoms with van der Waals surface area (Å²) in [5.74, 6) is -0.785. The Morgan fingerprint density at radius 3 is 2.15 bits per heavy atom. The van der Waals surface area contributed by atoms with E-state index in [1.165, 1.54) is 12.1 Å². The molecule has 0 aromatic heterocycles. The highest BCUT2D eigenvalue weighted by Crippen LogP contribution is 2.28. The van der Waals surface area contributed by atoms with E-state index in [4.69, 9.17) is 4.74 Å². The van der Waals surface area contributed by atoms with E-state index in [0.717, 1.165) is 17.7 Å². The molecular formula is C19H20F3NO3. The van der Waals surface area contributed by atoms with E-state index in [9.17, 15) is 18.0 Å². The lowest BCUT2D eigenvalue weighted by molar-refractivity contribution is -0.274. The van der Waals surface area contributed by atoms with E-state index in [0.29, 0.717) is 6.42 Å². The van der Waals surface area contributed by atoms with Gasteiger partial charge in [-0.1, -0.05) is 37.3 Å². The number of hydrogen-bond donors (Lipinski definition) is 1. The summed E-state index contributed by atoms with van der Waals surface area (Å²) in [5.41, 5.74) is 0.476. The van der Waals surface area contributed by atoms with Crippen LogP contribution in [0.3, 0.4) is 0 Å². The summed E-state index contributed by atoms with van der Waals surface area (Å²) in [7, 11) is 1.58. The number of ether oxygens (including phenoxy) is 2. The Kier molecular flexibility index (Phi) is 6.26.